The van der Waals surface area contributed by atoms with E-state index in [2.05, 4.69) is 29.7 Å². The molecule has 0 bridgehead atoms. The van der Waals surface area contributed by atoms with Gasteiger partial charge in [0, 0.05) is 21.0 Å². The molecule has 0 aliphatic heterocycles. The minimum Gasteiger partial charge on any atom is -0.484 e. The van der Waals surface area contributed by atoms with E-state index in [1.165, 1.54) is 28.7 Å². The van der Waals surface area contributed by atoms with Gasteiger partial charge in [0.25, 0.3) is 5.91 Å². The molecule has 5 rings (SSSR count). The average molecular weight is 580 g/mol. The van der Waals surface area contributed by atoms with E-state index in [-0.39, 0.29) is 18.4 Å². The van der Waals surface area contributed by atoms with Crippen LogP contribution in [0.3, 0.4) is 0 Å². The van der Waals surface area contributed by atoms with E-state index in [9.17, 15) is 9.59 Å². The summed E-state index contributed by atoms with van der Waals surface area (Å²) in [5, 5.41) is 5.95. The largest absolute Gasteiger partial charge is 0.484 e. The summed E-state index contributed by atoms with van der Waals surface area (Å²) in [6.45, 7) is 3.96. The summed E-state index contributed by atoms with van der Waals surface area (Å²) in [5.74, 6) is 0.193. The van der Waals surface area contributed by atoms with Crippen molar-refractivity contribution in [3.8, 4) is 17.0 Å². The fourth-order valence-electron chi connectivity index (χ4n) is 4.15. The van der Waals surface area contributed by atoms with Gasteiger partial charge in [0.2, 0.25) is 5.91 Å². The number of nitrogens with zero attached hydrogens (tertiary/aromatic N) is 1. The quantitative estimate of drug-likeness (QED) is 0.164. The Labute approximate surface area is 247 Å². The van der Waals surface area contributed by atoms with Gasteiger partial charge in [-0.15, -0.1) is 23.1 Å². The number of rotatable bonds is 10. The van der Waals surface area contributed by atoms with Gasteiger partial charge in [0.05, 0.1) is 5.69 Å². The molecule has 8 heteroatoms. The van der Waals surface area contributed by atoms with Crippen LogP contribution >= 0.6 is 23.1 Å². The minimum absolute atomic E-state index is 0.103. The summed E-state index contributed by atoms with van der Waals surface area (Å²) in [6, 6.07) is 34.5. The average Bonchev–Trinajstić information content (AvgIpc) is 3.35. The molecule has 5 aromatic rings. The molecule has 41 heavy (non-hydrogen) atoms. The standard InChI is InChI=1S/C33H29N3O3S2/c1-22-16-18-24(19-17-22)30-23(2)40-33(35-30)36-32(38)31(25-10-5-3-6-11-25)41-28-15-9-12-26(20-28)34-29(37)21-39-27-13-7-4-8-14-27/h3-20,31H,21H2,1-2H3,(H,34,37)(H,35,36,38). The molecular weight excluding hydrogens is 551 g/mol. The molecule has 0 aliphatic rings. The van der Waals surface area contributed by atoms with Crippen LogP contribution in [0.15, 0.2) is 114 Å². The van der Waals surface area contributed by atoms with Crippen molar-refractivity contribution in [2.75, 3.05) is 17.2 Å². The molecule has 0 saturated carbocycles. The van der Waals surface area contributed by atoms with Gasteiger partial charge >= 0.3 is 0 Å². The number of aromatic nitrogens is 1. The third kappa shape index (κ3) is 7.63. The predicted molar refractivity (Wildman–Crippen MR) is 168 cm³/mol. The number of aryl methyl sites for hydroxylation is 2. The Morgan fingerprint density at radius 3 is 2.29 bits per heavy atom. The van der Waals surface area contributed by atoms with Crippen LogP contribution in [0, 0.1) is 13.8 Å². The predicted octanol–water partition coefficient (Wildman–Crippen LogP) is 7.92. The molecule has 2 N–H and O–H groups in total. The Morgan fingerprint density at radius 2 is 1.56 bits per heavy atom. The Morgan fingerprint density at radius 1 is 0.854 bits per heavy atom. The molecule has 0 saturated heterocycles. The Kier molecular flexibility index (Phi) is 9.13. The van der Waals surface area contributed by atoms with Crippen LogP contribution in [0.25, 0.3) is 11.3 Å². The van der Waals surface area contributed by atoms with E-state index in [1.807, 2.05) is 91.9 Å². The van der Waals surface area contributed by atoms with E-state index in [0.717, 1.165) is 26.6 Å². The van der Waals surface area contributed by atoms with Crippen LogP contribution in [0.1, 0.15) is 21.3 Å². The lowest BCUT2D eigenvalue weighted by Gasteiger charge is -2.17. The fourth-order valence-corrected chi connectivity index (χ4v) is 6.07. The van der Waals surface area contributed by atoms with Crippen LogP contribution in [0.2, 0.25) is 0 Å². The van der Waals surface area contributed by atoms with Gasteiger partial charge in [-0.1, -0.05) is 84.4 Å². The Bertz CT molecular complexity index is 1620. The molecule has 1 aromatic heterocycles. The van der Waals surface area contributed by atoms with Gasteiger partial charge in [-0.3, -0.25) is 9.59 Å². The van der Waals surface area contributed by atoms with E-state index >= 15 is 0 Å². The number of carbonyl (C=O) groups is 2. The first-order chi connectivity index (χ1) is 19.9. The Balaban J connectivity index is 1.29. The number of hydrogen-bond donors (Lipinski definition) is 2. The van der Waals surface area contributed by atoms with Crippen LogP contribution < -0.4 is 15.4 Å². The topological polar surface area (TPSA) is 80.3 Å². The highest BCUT2D eigenvalue weighted by Gasteiger charge is 2.24. The lowest BCUT2D eigenvalue weighted by Crippen LogP contribution is -2.20. The number of ether oxygens (including phenoxy) is 1. The molecular formula is C33H29N3O3S2. The zero-order valence-electron chi connectivity index (χ0n) is 22.7. The van der Waals surface area contributed by atoms with Crippen molar-refractivity contribution in [2.45, 2.75) is 24.0 Å². The molecule has 206 valence electrons. The first-order valence-corrected chi connectivity index (χ1v) is 14.8. The van der Waals surface area contributed by atoms with E-state index in [4.69, 9.17) is 9.72 Å². The highest BCUT2D eigenvalue weighted by Crippen LogP contribution is 2.38. The number of thiazole rings is 1. The summed E-state index contributed by atoms with van der Waals surface area (Å²) < 4.78 is 5.55. The SMILES string of the molecule is Cc1ccc(-c2nc(NC(=O)C(Sc3cccc(NC(=O)COc4ccccc4)c3)c3ccccc3)sc2C)cc1. The fraction of sp³-hybridized carbons (Fsp3) is 0.121. The van der Waals surface area contributed by atoms with Gasteiger partial charge in [-0.2, -0.15) is 0 Å². The highest BCUT2D eigenvalue weighted by molar-refractivity contribution is 8.00. The molecule has 1 unspecified atom stereocenters. The molecule has 1 atom stereocenters. The summed E-state index contributed by atoms with van der Waals surface area (Å²) >= 11 is 2.87. The lowest BCUT2D eigenvalue weighted by molar-refractivity contribution is -0.118. The van der Waals surface area contributed by atoms with Crippen LogP contribution in [-0.2, 0) is 9.59 Å². The van der Waals surface area contributed by atoms with E-state index < -0.39 is 5.25 Å². The van der Waals surface area contributed by atoms with Crippen molar-refractivity contribution in [3.05, 3.63) is 125 Å². The molecule has 0 fully saturated rings. The normalized spacial score (nSPS) is 11.5. The third-order valence-electron chi connectivity index (χ3n) is 6.18. The van der Waals surface area contributed by atoms with Crippen molar-refractivity contribution in [1.82, 2.24) is 4.98 Å². The molecule has 0 spiro atoms. The van der Waals surface area contributed by atoms with E-state index in [1.54, 1.807) is 12.1 Å². The maximum atomic E-state index is 13.7. The van der Waals surface area contributed by atoms with Gasteiger partial charge in [-0.05, 0) is 49.7 Å². The second-order valence-electron chi connectivity index (χ2n) is 9.37. The number of hydrogen-bond acceptors (Lipinski definition) is 6. The van der Waals surface area contributed by atoms with Crippen LogP contribution in [-0.4, -0.2) is 23.4 Å². The smallest absolute Gasteiger partial charge is 0.262 e. The number of anilines is 2. The molecule has 1 heterocycles. The van der Waals surface area contributed by atoms with Crippen molar-refractivity contribution in [1.29, 1.82) is 0 Å². The molecule has 0 aliphatic carbocycles. The summed E-state index contributed by atoms with van der Waals surface area (Å²) in [7, 11) is 0. The maximum absolute atomic E-state index is 13.7. The lowest BCUT2D eigenvalue weighted by atomic mass is 10.1. The number of amides is 2. The second kappa shape index (κ2) is 13.3. The van der Waals surface area contributed by atoms with Crippen molar-refractivity contribution in [2.24, 2.45) is 0 Å². The second-order valence-corrected chi connectivity index (χ2v) is 11.7. The van der Waals surface area contributed by atoms with Gasteiger partial charge in [0.1, 0.15) is 11.0 Å². The number of para-hydroxylation sites is 1. The number of thioether (sulfide) groups is 1. The van der Waals surface area contributed by atoms with Crippen LogP contribution in [0.4, 0.5) is 10.8 Å². The van der Waals surface area contributed by atoms with Crippen LogP contribution in [0.5, 0.6) is 5.75 Å². The van der Waals surface area contributed by atoms with Crippen molar-refractivity contribution < 1.29 is 14.3 Å². The molecule has 6 nitrogen and oxygen atoms in total. The molecule has 4 aromatic carbocycles. The molecule has 0 radical (unpaired) electrons. The number of carbonyl (C=O) groups excluding carboxylic acids is 2. The number of benzene rings is 4. The van der Waals surface area contributed by atoms with Gasteiger partial charge < -0.3 is 15.4 Å². The van der Waals surface area contributed by atoms with Crippen molar-refractivity contribution >= 4 is 45.7 Å². The number of nitrogens with one attached hydrogen (secondary N) is 2. The van der Waals surface area contributed by atoms with Gasteiger partial charge in [0.15, 0.2) is 11.7 Å². The summed E-state index contributed by atoms with van der Waals surface area (Å²) in [6.07, 6.45) is 0. The first-order valence-electron chi connectivity index (χ1n) is 13.1. The minimum atomic E-state index is -0.532. The van der Waals surface area contributed by atoms with E-state index in [0.29, 0.717) is 16.6 Å². The first kappa shape index (κ1) is 28.1. The van der Waals surface area contributed by atoms with Crippen molar-refractivity contribution in [3.63, 3.8) is 0 Å². The Hall–Kier alpha value is -4.40. The summed E-state index contributed by atoms with van der Waals surface area (Å²) in [5.41, 5.74) is 4.57. The summed E-state index contributed by atoms with van der Waals surface area (Å²) in [4.78, 5) is 32.7. The third-order valence-corrected chi connectivity index (χ3v) is 8.31. The zero-order valence-corrected chi connectivity index (χ0v) is 24.3. The zero-order chi connectivity index (χ0) is 28.6. The monoisotopic (exact) mass is 579 g/mol. The van der Waals surface area contributed by atoms with Gasteiger partial charge in [-0.25, -0.2) is 4.98 Å². The maximum Gasteiger partial charge on any atom is 0.262 e. The highest BCUT2D eigenvalue weighted by atomic mass is 32.2. The molecule has 2 amide bonds.